The highest BCUT2D eigenvalue weighted by atomic mass is 79.9. The lowest BCUT2D eigenvalue weighted by atomic mass is 10.1. The van der Waals surface area contributed by atoms with Gasteiger partial charge in [-0.05, 0) is 20.3 Å². The lowest BCUT2D eigenvalue weighted by molar-refractivity contribution is -0.166. The van der Waals surface area contributed by atoms with Gasteiger partial charge in [-0.25, -0.2) is 0 Å². The van der Waals surface area contributed by atoms with Crippen molar-refractivity contribution in [1.29, 1.82) is 0 Å². The Morgan fingerprint density at radius 2 is 2.05 bits per heavy atom. The summed E-state index contributed by atoms with van der Waals surface area (Å²) in [6, 6.07) is 0. The van der Waals surface area contributed by atoms with Crippen molar-refractivity contribution in [1.82, 2.24) is 0 Å². The monoisotopic (exact) mass is 412 g/mol. The zero-order chi connectivity index (χ0) is 14.5. The van der Waals surface area contributed by atoms with E-state index in [4.69, 9.17) is 18.9 Å². The summed E-state index contributed by atoms with van der Waals surface area (Å²) in [5.74, 6) is -0.175. The predicted octanol–water partition coefficient (Wildman–Crippen LogP) is 3.21. The molecule has 2 aliphatic heterocycles. The Hall–Kier alpha value is 0.800. The fraction of sp³-hybridized carbons (Fsp3) is 1.00. The lowest BCUT2D eigenvalue weighted by Gasteiger charge is -2.29. The van der Waals surface area contributed by atoms with Gasteiger partial charge in [0, 0.05) is 12.5 Å². The Labute approximate surface area is 137 Å². The van der Waals surface area contributed by atoms with Crippen LogP contribution in [0.5, 0.6) is 0 Å². The molecule has 0 aromatic carbocycles. The molecule has 0 aromatic rings. The van der Waals surface area contributed by atoms with Crippen LogP contribution in [0, 0.1) is 5.92 Å². The van der Waals surface area contributed by atoms with Crippen molar-refractivity contribution < 1.29 is 18.9 Å². The van der Waals surface area contributed by atoms with Crippen LogP contribution in [0.15, 0.2) is 0 Å². The van der Waals surface area contributed by atoms with Gasteiger partial charge in [-0.1, -0.05) is 45.2 Å². The molecule has 3 rings (SSSR count). The van der Waals surface area contributed by atoms with Gasteiger partial charge in [0.25, 0.3) is 0 Å². The van der Waals surface area contributed by atoms with E-state index in [0.29, 0.717) is 12.5 Å². The largest absolute Gasteiger partial charge is 0.375 e. The Balaban J connectivity index is 1.65. The van der Waals surface area contributed by atoms with Gasteiger partial charge in [-0.3, -0.25) is 0 Å². The molecule has 5 atom stereocenters. The summed E-state index contributed by atoms with van der Waals surface area (Å²) in [4.78, 5) is 0. The molecular weight excluding hydrogens is 392 g/mol. The van der Waals surface area contributed by atoms with Crippen molar-refractivity contribution in [3.05, 3.63) is 0 Å². The normalized spacial score (nSPS) is 44.5. The van der Waals surface area contributed by atoms with Crippen molar-refractivity contribution in [3.8, 4) is 0 Å². The molecule has 0 spiro atoms. The molecule has 2 unspecified atom stereocenters. The maximum atomic E-state index is 6.15. The molecule has 0 aromatic heterocycles. The summed E-state index contributed by atoms with van der Waals surface area (Å²) in [7, 11) is 0. The third-order valence-corrected chi connectivity index (χ3v) is 6.19. The highest BCUT2D eigenvalue weighted by Gasteiger charge is 2.74. The van der Waals surface area contributed by atoms with Crippen molar-refractivity contribution in [2.24, 2.45) is 5.92 Å². The number of halogens is 2. The molecule has 20 heavy (non-hydrogen) atoms. The fourth-order valence-electron chi connectivity index (χ4n) is 3.08. The zero-order valence-corrected chi connectivity index (χ0v) is 15.3. The summed E-state index contributed by atoms with van der Waals surface area (Å²) in [6.07, 6.45) is 2.35. The Kier molecular flexibility index (Phi) is 4.28. The van der Waals surface area contributed by atoms with Crippen LogP contribution in [0.3, 0.4) is 0 Å². The number of hydrogen-bond acceptors (Lipinski definition) is 4. The van der Waals surface area contributed by atoms with Crippen LogP contribution < -0.4 is 0 Å². The fourth-order valence-corrected chi connectivity index (χ4v) is 4.60. The Morgan fingerprint density at radius 1 is 1.30 bits per heavy atom. The van der Waals surface area contributed by atoms with Gasteiger partial charge in [0.1, 0.15) is 15.4 Å². The molecular formula is C14H22Br2O4. The van der Waals surface area contributed by atoms with Crippen LogP contribution in [-0.2, 0) is 18.9 Å². The molecule has 2 heterocycles. The second-order valence-corrected chi connectivity index (χ2v) is 9.97. The number of alkyl halides is 2. The van der Waals surface area contributed by atoms with Crippen molar-refractivity contribution in [2.75, 3.05) is 13.2 Å². The SMILES string of the molecule is CCCCO[C@@H]1C2C(O[C@@H]1[C@H]1COC(C)(C)O1)C2(Br)Br. The minimum atomic E-state index is -0.519. The number of rotatable bonds is 5. The zero-order valence-electron chi connectivity index (χ0n) is 12.1. The summed E-state index contributed by atoms with van der Waals surface area (Å²) >= 11 is 7.35. The van der Waals surface area contributed by atoms with Crippen molar-refractivity contribution in [2.45, 2.75) is 67.0 Å². The molecule has 0 amide bonds. The molecule has 0 radical (unpaired) electrons. The first-order valence-electron chi connectivity index (χ1n) is 7.33. The molecule has 4 nitrogen and oxygen atoms in total. The molecule has 0 N–H and O–H groups in total. The molecule has 3 aliphatic rings. The van der Waals surface area contributed by atoms with E-state index in [1.54, 1.807) is 0 Å². The van der Waals surface area contributed by atoms with Gasteiger partial charge >= 0.3 is 0 Å². The van der Waals surface area contributed by atoms with Crippen LogP contribution in [0.25, 0.3) is 0 Å². The number of unbranched alkanes of at least 4 members (excludes halogenated alkanes) is 1. The average molecular weight is 414 g/mol. The maximum absolute atomic E-state index is 6.15. The molecule has 1 saturated carbocycles. The van der Waals surface area contributed by atoms with Gasteiger partial charge in [0.05, 0.1) is 18.8 Å². The van der Waals surface area contributed by atoms with E-state index in [1.165, 1.54) is 0 Å². The highest BCUT2D eigenvalue weighted by molar-refractivity contribution is 9.25. The quantitative estimate of drug-likeness (QED) is 0.512. The van der Waals surface area contributed by atoms with Crippen molar-refractivity contribution >= 4 is 31.9 Å². The first-order valence-corrected chi connectivity index (χ1v) is 8.92. The molecule has 1 aliphatic carbocycles. The van der Waals surface area contributed by atoms with Crippen LogP contribution in [0.2, 0.25) is 0 Å². The molecule has 3 fully saturated rings. The molecule has 0 bridgehead atoms. The minimum Gasteiger partial charge on any atom is -0.375 e. The van der Waals surface area contributed by atoms with Gasteiger partial charge in [0.2, 0.25) is 0 Å². The number of ether oxygens (including phenoxy) is 4. The lowest BCUT2D eigenvalue weighted by Crippen LogP contribution is -2.43. The Bertz CT molecular complexity index is 374. The smallest absolute Gasteiger partial charge is 0.163 e. The predicted molar refractivity (Wildman–Crippen MR) is 82.3 cm³/mol. The van der Waals surface area contributed by atoms with Crippen LogP contribution >= 0.6 is 31.9 Å². The number of fused-ring (bicyclic) bond motifs is 1. The second kappa shape index (κ2) is 5.46. The van der Waals surface area contributed by atoms with Gasteiger partial charge < -0.3 is 18.9 Å². The average Bonchev–Trinajstić information content (AvgIpc) is 2.71. The van der Waals surface area contributed by atoms with Gasteiger partial charge in [-0.2, -0.15) is 0 Å². The maximum Gasteiger partial charge on any atom is 0.163 e. The van der Waals surface area contributed by atoms with Crippen LogP contribution in [0.1, 0.15) is 33.6 Å². The van der Waals surface area contributed by atoms with Crippen molar-refractivity contribution in [3.63, 3.8) is 0 Å². The Morgan fingerprint density at radius 3 is 2.65 bits per heavy atom. The second-order valence-electron chi connectivity index (χ2n) is 6.28. The van der Waals surface area contributed by atoms with E-state index < -0.39 is 5.79 Å². The summed E-state index contributed by atoms with van der Waals surface area (Å²) in [6.45, 7) is 7.39. The first-order chi connectivity index (χ1) is 9.37. The van der Waals surface area contributed by atoms with Crippen LogP contribution in [0.4, 0.5) is 0 Å². The third kappa shape index (κ3) is 2.72. The van der Waals surface area contributed by atoms with E-state index in [2.05, 4.69) is 38.8 Å². The minimum absolute atomic E-state index is 0.0353. The van der Waals surface area contributed by atoms with E-state index in [1.807, 2.05) is 13.8 Å². The molecule has 2 saturated heterocycles. The first kappa shape index (κ1) is 15.7. The van der Waals surface area contributed by atoms with Gasteiger partial charge in [-0.15, -0.1) is 0 Å². The van der Waals surface area contributed by atoms with E-state index in [9.17, 15) is 0 Å². The summed E-state index contributed by atoms with van der Waals surface area (Å²) < 4.78 is 23.7. The van der Waals surface area contributed by atoms with Crippen LogP contribution in [-0.4, -0.2) is 46.7 Å². The van der Waals surface area contributed by atoms with Gasteiger partial charge in [0.15, 0.2) is 5.79 Å². The van der Waals surface area contributed by atoms with E-state index in [-0.39, 0.29) is 27.6 Å². The topological polar surface area (TPSA) is 36.9 Å². The highest BCUT2D eigenvalue weighted by Crippen LogP contribution is 2.65. The van der Waals surface area contributed by atoms with E-state index in [0.717, 1.165) is 19.4 Å². The van der Waals surface area contributed by atoms with E-state index >= 15 is 0 Å². The number of hydrogen-bond donors (Lipinski definition) is 0. The standard InChI is InChI=1S/C14H22Br2O4/c1-4-5-6-17-11-9-12(14(9,15)16)19-10(11)8-7-18-13(2,3)20-8/h8-12H,4-7H2,1-3H3/t8-,9?,10-,11-,12?/m1/s1. The third-order valence-electron chi connectivity index (χ3n) is 4.23. The molecule has 6 heteroatoms. The molecule has 116 valence electrons. The summed E-state index contributed by atoms with van der Waals surface area (Å²) in [5.41, 5.74) is 0. The summed E-state index contributed by atoms with van der Waals surface area (Å²) in [5, 5.41) is 0.